The van der Waals surface area contributed by atoms with E-state index in [9.17, 15) is 4.79 Å². The molecule has 1 aliphatic heterocycles. The molecule has 2 heterocycles. The number of piperidine rings is 1. The fraction of sp³-hybridized carbons (Fsp3) is 0.304. The number of para-hydroxylation sites is 1. The number of amides is 1. The number of carbonyl (C=O) groups excluding carboxylic acids is 1. The normalized spacial score (nSPS) is 14.9. The maximum absolute atomic E-state index is 12.8. The average molecular weight is 411 g/mol. The van der Waals surface area contributed by atoms with Crippen molar-refractivity contribution in [3.8, 4) is 5.69 Å². The molecule has 1 fully saturated rings. The van der Waals surface area contributed by atoms with Gasteiger partial charge in [-0.15, -0.1) is 12.4 Å². The van der Waals surface area contributed by atoms with Crippen LogP contribution in [0, 0.1) is 6.92 Å². The first-order valence-electron chi connectivity index (χ1n) is 9.88. The Morgan fingerprint density at radius 2 is 1.66 bits per heavy atom. The molecule has 6 heteroatoms. The quantitative estimate of drug-likeness (QED) is 0.691. The molecule has 152 valence electrons. The zero-order valence-corrected chi connectivity index (χ0v) is 17.4. The van der Waals surface area contributed by atoms with Gasteiger partial charge >= 0.3 is 0 Å². The van der Waals surface area contributed by atoms with Crippen molar-refractivity contribution in [3.63, 3.8) is 0 Å². The van der Waals surface area contributed by atoms with Crippen molar-refractivity contribution in [1.82, 2.24) is 20.0 Å². The third-order valence-corrected chi connectivity index (χ3v) is 5.43. The van der Waals surface area contributed by atoms with Crippen LogP contribution in [0.3, 0.4) is 0 Å². The van der Waals surface area contributed by atoms with Gasteiger partial charge in [0.1, 0.15) is 0 Å². The molecule has 3 aromatic rings. The second-order valence-corrected chi connectivity index (χ2v) is 7.40. The highest BCUT2D eigenvalue weighted by atomic mass is 35.5. The Kier molecular flexibility index (Phi) is 7.07. The Hall–Kier alpha value is -2.63. The first-order valence-corrected chi connectivity index (χ1v) is 9.88. The summed E-state index contributed by atoms with van der Waals surface area (Å²) in [7, 11) is 0. The Labute approximate surface area is 178 Å². The van der Waals surface area contributed by atoms with E-state index >= 15 is 0 Å². The largest absolute Gasteiger partial charge is 0.349 e. The van der Waals surface area contributed by atoms with E-state index in [0.29, 0.717) is 5.56 Å². The lowest BCUT2D eigenvalue weighted by atomic mass is 10.0. The van der Waals surface area contributed by atoms with E-state index in [4.69, 9.17) is 0 Å². The zero-order valence-electron chi connectivity index (χ0n) is 16.6. The van der Waals surface area contributed by atoms with E-state index in [1.807, 2.05) is 48.0 Å². The molecule has 1 N–H and O–H groups in total. The summed E-state index contributed by atoms with van der Waals surface area (Å²) in [5.74, 6) is -0.0267. The molecule has 1 saturated heterocycles. The minimum atomic E-state index is -0.0267. The van der Waals surface area contributed by atoms with Gasteiger partial charge in [0.2, 0.25) is 0 Å². The van der Waals surface area contributed by atoms with Gasteiger partial charge in [0.05, 0.1) is 23.1 Å². The summed E-state index contributed by atoms with van der Waals surface area (Å²) in [5.41, 5.74) is 3.82. The van der Waals surface area contributed by atoms with Crippen molar-refractivity contribution in [1.29, 1.82) is 0 Å². The SMILES string of the molecule is Cc1c(C(=O)NC2CCN(Cc3ccccc3)CC2)cnn1-c1ccccc1.Cl. The number of hydrogen-bond acceptors (Lipinski definition) is 3. The van der Waals surface area contributed by atoms with Crippen molar-refractivity contribution in [3.05, 3.63) is 83.7 Å². The molecule has 1 aliphatic rings. The molecule has 5 nitrogen and oxygen atoms in total. The summed E-state index contributed by atoms with van der Waals surface area (Å²) in [6.45, 7) is 4.92. The lowest BCUT2D eigenvalue weighted by Gasteiger charge is -2.32. The van der Waals surface area contributed by atoms with Crippen LogP contribution in [0.15, 0.2) is 66.9 Å². The Morgan fingerprint density at radius 1 is 1.03 bits per heavy atom. The molecule has 0 bridgehead atoms. The van der Waals surface area contributed by atoms with Crippen LogP contribution in [-0.2, 0) is 6.54 Å². The van der Waals surface area contributed by atoms with Crippen LogP contribution in [0.2, 0.25) is 0 Å². The minimum absolute atomic E-state index is 0. The van der Waals surface area contributed by atoms with Crippen LogP contribution >= 0.6 is 12.4 Å². The van der Waals surface area contributed by atoms with Gasteiger partial charge in [-0.25, -0.2) is 4.68 Å². The first kappa shape index (κ1) is 21.1. The second-order valence-electron chi connectivity index (χ2n) is 7.40. The molecule has 0 unspecified atom stereocenters. The molecule has 0 saturated carbocycles. The molecule has 29 heavy (non-hydrogen) atoms. The Morgan fingerprint density at radius 3 is 2.31 bits per heavy atom. The van der Waals surface area contributed by atoms with Crippen LogP contribution in [0.1, 0.15) is 34.5 Å². The Bertz CT molecular complexity index is 919. The Balaban J connectivity index is 0.00000240. The van der Waals surface area contributed by atoms with Crippen molar-refractivity contribution < 1.29 is 4.79 Å². The van der Waals surface area contributed by atoms with Crippen LogP contribution in [0.5, 0.6) is 0 Å². The van der Waals surface area contributed by atoms with Crippen LogP contribution in [0.4, 0.5) is 0 Å². The molecule has 1 amide bonds. The number of nitrogens with zero attached hydrogens (tertiary/aromatic N) is 3. The van der Waals surface area contributed by atoms with Gasteiger partial charge in [-0.2, -0.15) is 5.10 Å². The maximum atomic E-state index is 12.8. The van der Waals surface area contributed by atoms with Crippen molar-refractivity contribution in [2.75, 3.05) is 13.1 Å². The fourth-order valence-electron chi connectivity index (χ4n) is 3.80. The van der Waals surface area contributed by atoms with E-state index in [0.717, 1.165) is 43.9 Å². The summed E-state index contributed by atoms with van der Waals surface area (Å²) < 4.78 is 1.82. The summed E-state index contributed by atoms with van der Waals surface area (Å²) in [5, 5.41) is 7.61. The van der Waals surface area contributed by atoms with Gasteiger partial charge in [-0.05, 0) is 37.5 Å². The lowest BCUT2D eigenvalue weighted by molar-refractivity contribution is 0.0908. The van der Waals surface area contributed by atoms with Crippen LogP contribution < -0.4 is 5.32 Å². The van der Waals surface area contributed by atoms with E-state index in [1.165, 1.54) is 5.56 Å². The lowest BCUT2D eigenvalue weighted by Crippen LogP contribution is -2.44. The number of aromatic nitrogens is 2. The molecule has 0 spiro atoms. The number of nitrogens with one attached hydrogen (secondary N) is 1. The van der Waals surface area contributed by atoms with E-state index in [2.05, 4.69) is 39.6 Å². The van der Waals surface area contributed by atoms with E-state index in [1.54, 1.807) is 6.20 Å². The standard InChI is InChI=1S/C23H26N4O.ClH/c1-18-22(16-24-27(18)21-10-6-3-7-11-21)23(28)25-20-12-14-26(15-13-20)17-19-8-4-2-5-9-19;/h2-11,16,20H,12-15,17H2,1H3,(H,25,28);1H. The minimum Gasteiger partial charge on any atom is -0.349 e. The number of likely N-dealkylation sites (tertiary alicyclic amines) is 1. The highest BCUT2D eigenvalue weighted by molar-refractivity contribution is 5.95. The molecular weight excluding hydrogens is 384 g/mol. The molecule has 2 aromatic carbocycles. The van der Waals surface area contributed by atoms with Gasteiger partial charge in [0.15, 0.2) is 0 Å². The molecule has 0 radical (unpaired) electrons. The topological polar surface area (TPSA) is 50.2 Å². The first-order chi connectivity index (χ1) is 13.7. The molecule has 4 rings (SSSR count). The predicted molar refractivity (Wildman–Crippen MR) is 118 cm³/mol. The highest BCUT2D eigenvalue weighted by Crippen LogP contribution is 2.17. The summed E-state index contributed by atoms with van der Waals surface area (Å²) in [4.78, 5) is 15.2. The van der Waals surface area contributed by atoms with Crippen LogP contribution in [-0.4, -0.2) is 39.7 Å². The molecular formula is C23H27ClN4O. The summed E-state index contributed by atoms with van der Waals surface area (Å²) in [6.07, 6.45) is 3.62. The summed E-state index contributed by atoms with van der Waals surface area (Å²) in [6, 6.07) is 20.7. The number of hydrogen-bond donors (Lipinski definition) is 1. The molecule has 0 atom stereocenters. The van der Waals surface area contributed by atoms with Gasteiger partial charge in [-0.1, -0.05) is 48.5 Å². The van der Waals surface area contributed by atoms with Gasteiger partial charge in [-0.3, -0.25) is 9.69 Å². The molecule has 1 aromatic heterocycles. The smallest absolute Gasteiger partial charge is 0.254 e. The van der Waals surface area contributed by atoms with Crippen LogP contribution in [0.25, 0.3) is 5.69 Å². The monoisotopic (exact) mass is 410 g/mol. The second kappa shape index (κ2) is 9.72. The zero-order chi connectivity index (χ0) is 19.3. The third kappa shape index (κ3) is 5.05. The van der Waals surface area contributed by atoms with E-state index < -0.39 is 0 Å². The number of benzene rings is 2. The highest BCUT2D eigenvalue weighted by Gasteiger charge is 2.23. The summed E-state index contributed by atoms with van der Waals surface area (Å²) >= 11 is 0. The number of rotatable bonds is 5. The van der Waals surface area contributed by atoms with Crippen molar-refractivity contribution in [2.24, 2.45) is 0 Å². The van der Waals surface area contributed by atoms with E-state index in [-0.39, 0.29) is 24.4 Å². The fourth-order valence-corrected chi connectivity index (χ4v) is 3.80. The predicted octanol–water partition coefficient (Wildman–Crippen LogP) is 4.00. The average Bonchev–Trinajstić information content (AvgIpc) is 3.12. The van der Waals surface area contributed by atoms with Crippen molar-refractivity contribution in [2.45, 2.75) is 32.4 Å². The van der Waals surface area contributed by atoms with Gasteiger partial charge in [0, 0.05) is 25.7 Å². The number of carbonyl (C=O) groups is 1. The van der Waals surface area contributed by atoms with Gasteiger partial charge in [0.25, 0.3) is 5.91 Å². The van der Waals surface area contributed by atoms with Crippen molar-refractivity contribution >= 4 is 18.3 Å². The third-order valence-electron chi connectivity index (χ3n) is 5.43. The molecule has 0 aliphatic carbocycles. The maximum Gasteiger partial charge on any atom is 0.254 e. The number of halogens is 1. The van der Waals surface area contributed by atoms with Gasteiger partial charge < -0.3 is 5.32 Å².